The molecule has 4 atom stereocenters. The molecule has 6 N–H and O–H groups in total. The van der Waals surface area contributed by atoms with E-state index < -0.39 is 42.0 Å². The van der Waals surface area contributed by atoms with Crippen LogP contribution in [0.1, 0.15) is 30.4 Å². The van der Waals surface area contributed by atoms with Gasteiger partial charge in [0.05, 0.1) is 6.04 Å². The fourth-order valence-electron chi connectivity index (χ4n) is 5.23. The number of rotatable bonds is 13. The summed E-state index contributed by atoms with van der Waals surface area (Å²) in [4.78, 5) is 56.7. The van der Waals surface area contributed by atoms with E-state index in [4.69, 9.17) is 5.73 Å². The van der Waals surface area contributed by atoms with Crippen LogP contribution < -0.4 is 16.4 Å². The monoisotopic (exact) mass is 579 g/mol. The van der Waals surface area contributed by atoms with Gasteiger partial charge in [-0.2, -0.15) is 11.8 Å². The molecule has 41 heavy (non-hydrogen) atoms. The van der Waals surface area contributed by atoms with Crippen molar-refractivity contribution in [1.82, 2.24) is 20.5 Å². The highest BCUT2D eigenvalue weighted by atomic mass is 32.2. The Labute approximate surface area is 243 Å². The van der Waals surface area contributed by atoms with Crippen molar-refractivity contribution >= 4 is 46.4 Å². The standard InChI is InChI=1S/C30H37N5O5S/c1-41-15-13-24(30(39)40)33-27(36)25(16-19-8-3-2-4-9-19)34-28(37)26-12-7-14-35(26)29(38)22(31)17-20-18-32-23-11-6-5-10-21(20)23/h2-6,8-11,18,22,24-26,32H,7,12-17,31H2,1H3,(H,33,36)(H,34,37)(H,39,40). The summed E-state index contributed by atoms with van der Waals surface area (Å²) in [7, 11) is 0. The number of amides is 3. The van der Waals surface area contributed by atoms with Crippen molar-refractivity contribution in [2.75, 3.05) is 18.6 Å². The van der Waals surface area contributed by atoms with Gasteiger partial charge in [0.25, 0.3) is 0 Å². The number of nitrogens with one attached hydrogen (secondary N) is 3. The van der Waals surface area contributed by atoms with E-state index in [9.17, 15) is 24.3 Å². The van der Waals surface area contributed by atoms with Gasteiger partial charge in [-0.1, -0.05) is 48.5 Å². The molecule has 1 saturated heterocycles. The Bertz CT molecular complexity index is 1360. The summed E-state index contributed by atoms with van der Waals surface area (Å²) in [6.07, 6.45) is 5.54. The first-order valence-electron chi connectivity index (χ1n) is 13.8. The third kappa shape index (κ3) is 7.68. The van der Waals surface area contributed by atoms with Crippen LogP contribution in [0.2, 0.25) is 0 Å². The first-order valence-corrected chi connectivity index (χ1v) is 15.1. The molecule has 0 radical (unpaired) electrons. The van der Waals surface area contributed by atoms with E-state index in [0.717, 1.165) is 22.0 Å². The van der Waals surface area contributed by atoms with E-state index in [2.05, 4.69) is 15.6 Å². The Morgan fingerprint density at radius 3 is 2.51 bits per heavy atom. The lowest BCUT2D eigenvalue weighted by molar-refractivity contribution is -0.143. The minimum atomic E-state index is -1.13. The average molecular weight is 580 g/mol. The van der Waals surface area contributed by atoms with Crippen molar-refractivity contribution in [3.05, 3.63) is 71.9 Å². The fourth-order valence-corrected chi connectivity index (χ4v) is 5.70. The second-order valence-corrected chi connectivity index (χ2v) is 11.3. The van der Waals surface area contributed by atoms with Crippen LogP contribution in [0.3, 0.4) is 0 Å². The third-order valence-corrected chi connectivity index (χ3v) is 8.06. The zero-order valence-corrected chi connectivity index (χ0v) is 23.9. The average Bonchev–Trinajstić information content (AvgIpc) is 3.62. The maximum atomic E-state index is 13.5. The molecule has 4 unspecified atom stereocenters. The van der Waals surface area contributed by atoms with Gasteiger partial charge in [0.1, 0.15) is 18.1 Å². The molecule has 1 fully saturated rings. The number of carbonyl (C=O) groups is 4. The van der Waals surface area contributed by atoms with Gasteiger partial charge in [-0.3, -0.25) is 14.4 Å². The van der Waals surface area contributed by atoms with E-state index in [-0.39, 0.29) is 18.7 Å². The molecule has 11 heteroatoms. The van der Waals surface area contributed by atoms with Crippen LogP contribution in [0.15, 0.2) is 60.8 Å². The number of carboxylic acids is 1. The van der Waals surface area contributed by atoms with Crippen LogP contribution in [0, 0.1) is 0 Å². The Kier molecular flexibility index (Phi) is 10.4. The summed E-state index contributed by atoms with van der Waals surface area (Å²) in [5.74, 6) is -1.93. The third-order valence-electron chi connectivity index (χ3n) is 7.41. The molecule has 0 saturated carbocycles. The minimum absolute atomic E-state index is 0.175. The number of para-hydroxylation sites is 1. The first kappa shape index (κ1) is 30.1. The first-order chi connectivity index (χ1) is 19.8. The van der Waals surface area contributed by atoms with Crippen molar-refractivity contribution in [3.8, 4) is 0 Å². The summed E-state index contributed by atoms with van der Waals surface area (Å²) >= 11 is 1.49. The highest BCUT2D eigenvalue weighted by Crippen LogP contribution is 2.22. The second kappa shape index (κ2) is 14.2. The van der Waals surface area contributed by atoms with Gasteiger partial charge in [0.15, 0.2) is 0 Å². The number of aromatic nitrogens is 1. The quantitative estimate of drug-likeness (QED) is 0.207. The SMILES string of the molecule is CSCCC(NC(=O)C(Cc1ccccc1)NC(=O)C1CCCN1C(=O)C(N)Cc1c[nH]c2ccccc12)C(=O)O. The predicted octanol–water partition coefficient (Wildman–Crippen LogP) is 2.08. The molecule has 4 rings (SSSR count). The van der Waals surface area contributed by atoms with Crippen LogP contribution >= 0.6 is 11.8 Å². The number of hydrogen-bond donors (Lipinski definition) is 5. The summed E-state index contributed by atoms with van der Waals surface area (Å²) in [5, 5.41) is 16.0. The molecule has 10 nitrogen and oxygen atoms in total. The van der Waals surface area contributed by atoms with E-state index >= 15 is 0 Å². The predicted molar refractivity (Wildman–Crippen MR) is 159 cm³/mol. The van der Waals surface area contributed by atoms with Crippen molar-refractivity contribution in [2.24, 2.45) is 5.73 Å². The van der Waals surface area contributed by atoms with Crippen LogP contribution in [0.25, 0.3) is 10.9 Å². The number of likely N-dealkylation sites (tertiary alicyclic amines) is 1. The number of aliphatic carboxylic acids is 1. The van der Waals surface area contributed by atoms with Gasteiger partial charge in [-0.05, 0) is 54.9 Å². The highest BCUT2D eigenvalue weighted by Gasteiger charge is 2.38. The second-order valence-electron chi connectivity index (χ2n) is 10.3. The lowest BCUT2D eigenvalue weighted by Crippen LogP contribution is -2.57. The molecule has 1 aromatic heterocycles. The normalized spacial score (nSPS) is 17.1. The summed E-state index contributed by atoms with van der Waals surface area (Å²) in [6, 6.07) is 13.3. The molecule has 1 aliphatic rings. The van der Waals surface area contributed by atoms with E-state index in [1.807, 2.05) is 67.0 Å². The molecule has 2 heterocycles. The zero-order chi connectivity index (χ0) is 29.4. The Morgan fingerprint density at radius 1 is 1.05 bits per heavy atom. The molecule has 3 amide bonds. The fraction of sp³-hybridized carbons (Fsp3) is 0.400. The van der Waals surface area contributed by atoms with Crippen molar-refractivity contribution in [1.29, 1.82) is 0 Å². The van der Waals surface area contributed by atoms with E-state index in [0.29, 0.717) is 31.6 Å². The summed E-state index contributed by atoms with van der Waals surface area (Å²) in [6.45, 7) is 0.393. The molecule has 3 aromatic rings. The maximum absolute atomic E-state index is 13.5. The van der Waals surface area contributed by atoms with Crippen LogP contribution in [0.4, 0.5) is 0 Å². The van der Waals surface area contributed by atoms with Gasteiger partial charge in [-0.15, -0.1) is 0 Å². The molecular formula is C30H37N5O5S. The molecule has 2 aromatic carbocycles. The van der Waals surface area contributed by atoms with Crippen molar-refractivity contribution in [3.63, 3.8) is 0 Å². The number of carbonyl (C=O) groups excluding carboxylic acids is 3. The van der Waals surface area contributed by atoms with E-state index in [1.54, 1.807) is 0 Å². The number of thioether (sulfide) groups is 1. The van der Waals surface area contributed by atoms with E-state index in [1.165, 1.54) is 16.7 Å². The largest absolute Gasteiger partial charge is 0.480 e. The number of nitrogens with zero attached hydrogens (tertiary/aromatic N) is 1. The summed E-state index contributed by atoms with van der Waals surface area (Å²) in [5.41, 5.74) is 9.05. The lowest BCUT2D eigenvalue weighted by atomic mass is 10.0. The Hall–Kier alpha value is -3.83. The summed E-state index contributed by atoms with van der Waals surface area (Å²) < 4.78 is 0. The number of carboxylic acid groups (broad SMARTS) is 1. The minimum Gasteiger partial charge on any atom is -0.480 e. The van der Waals surface area contributed by atoms with Gasteiger partial charge in [-0.25, -0.2) is 4.79 Å². The molecule has 0 aliphatic carbocycles. The molecular weight excluding hydrogens is 542 g/mol. The van der Waals surface area contributed by atoms with Crippen LogP contribution in [-0.4, -0.2) is 81.4 Å². The van der Waals surface area contributed by atoms with Gasteiger partial charge in [0.2, 0.25) is 17.7 Å². The topological polar surface area (TPSA) is 158 Å². The molecule has 0 bridgehead atoms. The zero-order valence-electron chi connectivity index (χ0n) is 23.0. The smallest absolute Gasteiger partial charge is 0.326 e. The Morgan fingerprint density at radius 2 is 1.78 bits per heavy atom. The Balaban J connectivity index is 1.46. The number of hydrogen-bond acceptors (Lipinski definition) is 6. The lowest BCUT2D eigenvalue weighted by Gasteiger charge is -2.28. The number of benzene rings is 2. The van der Waals surface area contributed by atoms with Crippen molar-refractivity contribution < 1.29 is 24.3 Å². The number of nitrogens with two attached hydrogens (primary N) is 1. The van der Waals surface area contributed by atoms with Gasteiger partial charge >= 0.3 is 5.97 Å². The van der Waals surface area contributed by atoms with Crippen LogP contribution in [-0.2, 0) is 32.0 Å². The molecule has 1 aliphatic heterocycles. The number of fused-ring (bicyclic) bond motifs is 1. The highest BCUT2D eigenvalue weighted by molar-refractivity contribution is 7.98. The van der Waals surface area contributed by atoms with Crippen molar-refractivity contribution in [2.45, 2.75) is 56.3 Å². The molecule has 218 valence electrons. The molecule has 0 spiro atoms. The number of aromatic amines is 1. The van der Waals surface area contributed by atoms with Crippen LogP contribution in [0.5, 0.6) is 0 Å². The maximum Gasteiger partial charge on any atom is 0.326 e. The number of H-pyrrole nitrogens is 1. The van der Waals surface area contributed by atoms with Gasteiger partial charge < -0.3 is 31.4 Å². The van der Waals surface area contributed by atoms with Gasteiger partial charge in [0, 0.05) is 30.1 Å².